The van der Waals surface area contributed by atoms with E-state index in [0.717, 1.165) is 43.6 Å². The molecule has 0 atom stereocenters. The van der Waals surface area contributed by atoms with Gasteiger partial charge in [0.15, 0.2) is 0 Å². The highest BCUT2D eigenvalue weighted by Gasteiger charge is 2.25. The van der Waals surface area contributed by atoms with Crippen molar-refractivity contribution < 1.29 is 13.2 Å². The maximum atomic E-state index is 12.8. The molecule has 3 aromatic carbocycles. The molecule has 1 saturated heterocycles. The summed E-state index contributed by atoms with van der Waals surface area (Å²) in [5.41, 5.74) is 4.28. The van der Waals surface area contributed by atoms with Crippen LogP contribution in [0.25, 0.3) is 0 Å². The number of aryl methyl sites for hydroxylation is 2. The summed E-state index contributed by atoms with van der Waals surface area (Å²) in [4.78, 5) is 15.3. The fourth-order valence-corrected chi connectivity index (χ4v) is 5.33. The number of carbonyl (C=O) groups is 1. The smallest absolute Gasteiger partial charge is 0.261 e. The first-order valence-electron chi connectivity index (χ1n) is 11.6. The van der Waals surface area contributed by atoms with E-state index in [1.54, 1.807) is 12.1 Å². The number of nitrogens with one attached hydrogen (secondary N) is 2. The van der Waals surface area contributed by atoms with Gasteiger partial charge in [0, 0.05) is 18.2 Å². The summed E-state index contributed by atoms with van der Waals surface area (Å²) in [7, 11) is -3.72. The lowest BCUT2D eigenvalue weighted by Crippen LogP contribution is -2.37. The number of rotatable bonds is 7. The maximum Gasteiger partial charge on any atom is 0.261 e. The van der Waals surface area contributed by atoms with Gasteiger partial charge in [0.25, 0.3) is 10.0 Å². The van der Waals surface area contributed by atoms with Crippen molar-refractivity contribution in [1.82, 2.24) is 4.90 Å². The first-order valence-corrected chi connectivity index (χ1v) is 13.1. The Morgan fingerprint density at radius 3 is 2.29 bits per heavy atom. The average molecular weight is 478 g/mol. The highest BCUT2D eigenvalue weighted by molar-refractivity contribution is 7.92. The average Bonchev–Trinajstić information content (AvgIpc) is 2.83. The van der Waals surface area contributed by atoms with Crippen LogP contribution in [0.2, 0.25) is 0 Å². The van der Waals surface area contributed by atoms with Crippen molar-refractivity contribution in [3.05, 3.63) is 89.5 Å². The number of amides is 1. The Morgan fingerprint density at radius 2 is 1.62 bits per heavy atom. The lowest BCUT2D eigenvalue weighted by atomic mass is 9.95. The summed E-state index contributed by atoms with van der Waals surface area (Å²) in [5.74, 6) is -0.0510. The molecule has 6 nitrogen and oxygen atoms in total. The van der Waals surface area contributed by atoms with Gasteiger partial charge in [-0.2, -0.15) is 0 Å². The van der Waals surface area contributed by atoms with Gasteiger partial charge in [-0.3, -0.25) is 14.4 Å². The van der Waals surface area contributed by atoms with Gasteiger partial charge < -0.3 is 5.32 Å². The van der Waals surface area contributed by atoms with Crippen LogP contribution >= 0.6 is 0 Å². The summed E-state index contributed by atoms with van der Waals surface area (Å²) < 4.78 is 28.3. The Morgan fingerprint density at radius 1 is 0.941 bits per heavy atom. The molecular formula is C27H31N3O3S. The Balaban J connectivity index is 1.32. The van der Waals surface area contributed by atoms with Crippen molar-refractivity contribution in [2.75, 3.05) is 23.1 Å². The second kappa shape index (κ2) is 10.4. The summed E-state index contributed by atoms with van der Waals surface area (Å²) in [6.45, 7) is 6.45. The van der Waals surface area contributed by atoms with Crippen LogP contribution in [0, 0.1) is 19.8 Å². The van der Waals surface area contributed by atoms with Gasteiger partial charge in [0.05, 0.1) is 10.6 Å². The molecule has 1 aliphatic heterocycles. The fourth-order valence-electron chi connectivity index (χ4n) is 4.21. The second-order valence-electron chi connectivity index (χ2n) is 8.97. The number of nitrogens with zero attached hydrogens (tertiary/aromatic N) is 1. The number of hydrogen-bond donors (Lipinski definition) is 2. The third-order valence-corrected chi connectivity index (χ3v) is 7.66. The van der Waals surface area contributed by atoms with E-state index in [1.807, 2.05) is 50.2 Å². The Bertz CT molecular complexity index is 1230. The number of benzene rings is 3. The summed E-state index contributed by atoms with van der Waals surface area (Å²) in [6.07, 6.45) is 1.62. The van der Waals surface area contributed by atoms with Crippen molar-refractivity contribution >= 4 is 27.3 Å². The molecule has 0 bridgehead atoms. The molecule has 178 valence electrons. The molecule has 0 saturated carbocycles. The van der Waals surface area contributed by atoms with Crippen molar-refractivity contribution in [2.24, 2.45) is 5.92 Å². The van der Waals surface area contributed by atoms with Crippen LogP contribution in [-0.2, 0) is 21.4 Å². The van der Waals surface area contributed by atoms with Crippen LogP contribution in [0.3, 0.4) is 0 Å². The predicted molar refractivity (Wildman–Crippen MR) is 136 cm³/mol. The van der Waals surface area contributed by atoms with Gasteiger partial charge in [0.2, 0.25) is 5.91 Å². The number of hydrogen-bond acceptors (Lipinski definition) is 4. The van der Waals surface area contributed by atoms with E-state index < -0.39 is 10.0 Å². The minimum Gasteiger partial charge on any atom is -0.326 e. The normalized spacial score (nSPS) is 15.1. The monoisotopic (exact) mass is 477 g/mol. The van der Waals surface area contributed by atoms with E-state index in [4.69, 9.17) is 0 Å². The van der Waals surface area contributed by atoms with E-state index in [9.17, 15) is 13.2 Å². The van der Waals surface area contributed by atoms with E-state index >= 15 is 0 Å². The molecule has 7 heteroatoms. The zero-order valence-corrected chi connectivity index (χ0v) is 20.4. The van der Waals surface area contributed by atoms with Crippen LogP contribution in [-0.4, -0.2) is 32.3 Å². The van der Waals surface area contributed by atoms with Gasteiger partial charge in [0.1, 0.15) is 0 Å². The zero-order valence-electron chi connectivity index (χ0n) is 19.6. The lowest BCUT2D eigenvalue weighted by Gasteiger charge is -2.31. The molecule has 0 radical (unpaired) electrons. The highest BCUT2D eigenvalue weighted by atomic mass is 32.2. The molecule has 3 aromatic rings. The first kappa shape index (κ1) is 24.0. The number of likely N-dealkylation sites (tertiary alicyclic amines) is 1. The molecule has 0 spiro atoms. The highest BCUT2D eigenvalue weighted by Crippen LogP contribution is 2.24. The molecule has 4 rings (SSSR count). The minimum atomic E-state index is -3.72. The summed E-state index contributed by atoms with van der Waals surface area (Å²) in [5, 5.41) is 2.95. The molecule has 1 aliphatic rings. The van der Waals surface area contributed by atoms with Gasteiger partial charge in [-0.25, -0.2) is 8.42 Å². The summed E-state index contributed by atoms with van der Waals surface area (Å²) >= 11 is 0. The van der Waals surface area contributed by atoms with Gasteiger partial charge in [-0.1, -0.05) is 42.5 Å². The minimum absolute atomic E-state index is 0.0107. The van der Waals surface area contributed by atoms with Crippen molar-refractivity contribution in [1.29, 1.82) is 0 Å². The number of sulfonamides is 1. The van der Waals surface area contributed by atoms with E-state index in [1.165, 1.54) is 17.7 Å². The van der Waals surface area contributed by atoms with E-state index in [2.05, 4.69) is 27.1 Å². The molecule has 1 fully saturated rings. The number of piperidine rings is 1. The number of carbonyl (C=O) groups excluding carboxylic acids is 1. The topological polar surface area (TPSA) is 78.5 Å². The zero-order chi connectivity index (χ0) is 24.1. The molecule has 34 heavy (non-hydrogen) atoms. The molecule has 0 unspecified atom stereocenters. The maximum absolute atomic E-state index is 12.8. The molecule has 0 aromatic heterocycles. The standard InChI is InChI=1S/C27H31N3O3S/c1-20-8-9-21(2)26(18-20)29-34(32,33)25-12-10-24(11-13-25)28-27(31)23-14-16-30(17-15-23)19-22-6-4-3-5-7-22/h3-13,18,23,29H,14-17,19H2,1-2H3,(H,28,31). The molecule has 1 heterocycles. The third-order valence-electron chi connectivity index (χ3n) is 6.28. The molecule has 0 aliphatic carbocycles. The number of anilines is 2. The molecular weight excluding hydrogens is 446 g/mol. The van der Waals surface area contributed by atoms with Gasteiger partial charge in [-0.05, 0) is 86.8 Å². The van der Waals surface area contributed by atoms with Crippen LogP contribution < -0.4 is 10.0 Å². The molecule has 1 amide bonds. The quantitative estimate of drug-likeness (QED) is 0.504. The van der Waals surface area contributed by atoms with Crippen LogP contribution in [0.5, 0.6) is 0 Å². The van der Waals surface area contributed by atoms with Crippen molar-refractivity contribution in [2.45, 2.75) is 38.1 Å². The predicted octanol–water partition coefficient (Wildman–Crippen LogP) is 4.95. The summed E-state index contributed by atoms with van der Waals surface area (Å²) in [6, 6.07) is 22.3. The van der Waals surface area contributed by atoms with Crippen LogP contribution in [0.4, 0.5) is 11.4 Å². The van der Waals surface area contributed by atoms with Crippen LogP contribution in [0.1, 0.15) is 29.5 Å². The van der Waals surface area contributed by atoms with Crippen molar-refractivity contribution in [3.63, 3.8) is 0 Å². The SMILES string of the molecule is Cc1ccc(C)c(NS(=O)(=O)c2ccc(NC(=O)C3CCN(Cc4ccccc4)CC3)cc2)c1. The Kier molecular flexibility index (Phi) is 7.34. The van der Waals surface area contributed by atoms with E-state index in [-0.39, 0.29) is 16.7 Å². The van der Waals surface area contributed by atoms with Gasteiger partial charge in [-0.15, -0.1) is 0 Å². The van der Waals surface area contributed by atoms with Crippen molar-refractivity contribution in [3.8, 4) is 0 Å². The fraction of sp³-hybridized carbons (Fsp3) is 0.296. The lowest BCUT2D eigenvalue weighted by molar-refractivity contribution is -0.121. The Labute approximate surface area is 202 Å². The largest absolute Gasteiger partial charge is 0.326 e. The van der Waals surface area contributed by atoms with Gasteiger partial charge >= 0.3 is 0 Å². The third kappa shape index (κ3) is 6.04. The molecule has 2 N–H and O–H groups in total. The second-order valence-corrected chi connectivity index (χ2v) is 10.7. The van der Waals surface area contributed by atoms with Crippen LogP contribution in [0.15, 0.2) is 77.7 Å². The Hall–Kier alpha value is -3.16. The van der Waals surface area contributed by atoms with E-state index in [0.29, 0.717) is 11.4 Å². The first-order chi connectivity index (χ1) is 16.3.